The molecule has 0 aliphatic carbocycles. The monoisotopic (exact) mass is 567 g/mol. The molecule has 0 spiro atoms. The molecule has 9 heteroatoms. The van der Waals surface area contributed by atoms with Crippen molar-refractivity contribution in [3.8, 4) is 11.5 Å². The number of ether oxygens (including phenoxy) is 3. The Labute approximate surface area is 237 Å². The number of benzene rings is 3. The molecule has 4 aromatic rings. The molecule has 2 unspecified atom stereocenters. The van der Waals surface area contributed by atoms with Gasteiger partial charge < -0.3 is 24.3 Å². The number of morpholine rings is 1. The standard InChI is InChI=1S/C30H31Cl2N3O4/c31-21-3-8-24(9-4-21)39-30(36)35-12-11-25-26-19-22(32)5-10-27(26)33-28(25)29(35)20-1-6-23(7-2-20)38-18-15-34-13-16-37-17-14-34/h1-10,19,29-30,33,36H,11-18H2. The number of hydrogen-bond donors (Lipinski definition) is 2. The van der Waals surface area contributed by atoms with Crippen LogP contribution in [0.25, 0.3) is 10.9 Å². The fourth-order valence-corrected chi connectivity index (χ4v) is 5.74. The van der Waals surface area contributed by atoms with Gasteiger partial charge in [-0.3, -0.25) is 4.90 Å². The van der Waals surface area contributed by atoms with E-state index in [2.05, 4.69) is 22.0 Å². The summed E-state index contributed by atoms with van der Waals surface area (Å²) in [7, 11) is 0. The van der Waals surface area contributed by atoms with Crippen molar-refractivity contribution in [2.75, 3.05) is 46.0 Å². The van der Waals surface area contributed by atoms with Crippen LogP contribution in [-0.2, 0) is 11.2 Å². The fourth-order valence-electron chi connectivity index (χ4n) is 5.44. The van der Waals surface area contributed by atoms with Crippen molar-refractivity contribution in [1.82, 2.24) is 14.8 Å². The first-order valence-electron chi connectivity index (χ1n) is 13.2. The number of H-pyrrole nitrogens is 1. The number of fused-ring (bicyclic) bond motifs is 3. The van der Waals surface area contributed by atoms with Crippen molar-refractivity contribution < 1.29 is 19.3 Å². The maximum atomic E-state index is 11.3. The Morgan fingerprint density at radius 3 is 2.41 bits per heavy atom. The minimum atomic E-state index is -1.16. The highest BCUT2D eigenvalue weighted by Crippen LogP contribution is 2.40. The first kappa shape index (κ1) is 26.4. The Hall–Kier alpha value is -2.78. The SMILES string of the molecule is OC(Oc1ccc(Cl)cc1)N1CCc2c([nH]c3ccc(Cl)cc23)C1c1ccc(OCCN2CCOCC2)cc1. The first-order chi connectivity index (χ1) is 19.0. The second-order valence-corrected chi connectivity index (χ2v) is 10.7. The lowest BCUT2D eigenvalue weighted by Crippen LogP contribution is -2.46. The highest BCUT2D eigenvalue weighted by molar-refractivity contribution is 6.31. The van der Waals surface area contributed by atoms with Crippen LogP contribution in [0.5, 0.6) is 11.5 Å². The van der Waals surface area contributed by atoms with Crippen LogP contribution in [0.15, 0.2) is 66.7 Å². The number of halogens is 2. The zero-order chi connectivity index (χ0) is 26.8. The molecule has 7 nitrogen and oxygen atoms in total. The lowest BCUT2D eigenvalue weighted by atomic mass is 9.92. The minimum absolute atomic E-state index is 0.260. The summed E-state index contributed by atoms with van der Waals surface area (Å²) in [6, 6.07) is 20.7. The van der Waals surface area contributed by atoms with E-state index in [1.807, 2.05) is 35.2 Å². The lowest BCUT2D eigenvalue weighted by Gasteiger charge is -2.38. The third-order valence-electron chi connectivity index (χ3n) is 7.44. The molecule has 1 saturated heterocycles. The Morgan fingerprint density at radius 2 is 1.64 bits per heavy atom. The molecule has 2 aliphatic heterocycles. The first-order valence-corrected chi connectivity index (χ1v) is 14.0. The zero-order valence-corrected chi connectivity index (χ0v) is 23.0. The van der Waals surface area contributed by atoms with Gasteiger partial charge in [0.25, 0.3) is 6.41 Å². The van der Waals surface area contributed by atoms with E-state index in [1.54, 1.807) is 24.3 Å². The number of nitrogens with one attached hydrogen (secondary N) is 1. The van der Waals surface area contributed by atoms with Gasteiger partial charge in [0.15, 0.2) is 0 Å². The number of aliphatic hydroxyl groups excluding tert-OH is 1. The molecule has 3 heterocycles. The fraction of sp³-hybridized carbons (Fsp3) is 0.333. The van der Waals surface area contributed by atoms with E-state index in [4.69, 9.17) is 37.4 Å². The second-order valence-electron chi connectivity index (χ2n) is 9.87. The molecule has 39 heavy (non-hydrogen) atoms. The van der Waals surface area contributed by atoms with Gasteiger partial charge in [-0.2, -0.15) is 0 Å². The van der Waals surface area contributed by atoms with Crippen LogP contribution in [0.4, 0.5) is 0 Å². The summed E-state index contributed by atoms with van der Waals surface area (Å²) in [5, 5.41) is 13.7. The van der Waals surface area contributed by atoms with E-state index < -0.39 is 6.41 Å². The van der Waals surface area contributed by atoms with Crippen molar-refractivity contribution in [3.05, 3.63) is 93.6 Å². The van der Waals surface area contributed by atoms with E-state index in [1.165, 1.54) is 5.56 Å². The molecule has 3 aromatic carbocycles. The van der Waals surface area contributed by atoms with Gasteiger partial charge in [-0.15, -0.1) is 0 Å². The highest BCUT2D eigenvalue weighted by Gasteiger charge is 2.36. The Morgan fingerprint density at radius 1 is 0.923 bits per heavy atom. The lowest BCUT2D eigenvalue weighted by molar-refractivity contribution is -0.150. The average molecular weight is 569 g/mol. The molecule has 0 amide bonds. The number of aromatic amines is 1. The van der Waals surface area contributed by atoms with E-state index >= 15 is 0 Å². The summed E-state index contributed by atoms with van der Waals surface area (Å²) in [6.45, 7) is 5.54. The molecule has 0 radical (unpaired) electrons. The Bertz CT molecular complexity index is 1400. The summed E-state index contributed by atoms with van der Waals surface area (Å²) in [5.74, 6) is 1.36. The molecular weight excluding hydrogens is 537 g/mol. The van der Waals surface area contributed by atoms with Crippen molar-refractivity contribution in [1.29, 1.82) is 0 Å². The van der Waals surface area contributed by atoms with E-state index in [-0.39, 0.29) is 6.04 Å². The van der Waals surface area contributed by atoms with E-state index in [0.717, 1.165) is 67.2 Å². The van der Waals surface area contributed by atoms with Gasteiger partial charge in [0.05, 0.1) is 19.3 Å². The maximum Gasteiger partial charge on any atom is 0.260 e. The minimum Gasteiger partial charge on any atom is -0.492 e. The Kier molecular flexibility index (Phi) is 7.97. The normalized spacial score (nSPS) is 19.1. The quantitative estimate of drug-likeness (QED) is 0.274. The van der Waals surface area contributed by atoms with Gasteiger partial charge in [0.2, 0.25) is 0 Å². The number of rotatable bonds is 8. The summed E-state index contributed by atoms with van der Waals surface area (Å²) in [4.78, 5) is 7.91. The molecule has 6 rings (SSSR count). The molecule has 204 valence electrons. The topological polar surface area (TPSA) is 70.2 Å². The molecule has 2 aliphatic rings. The van der Waals surface area contributed by atoms with Crippen LogP contribution in [0, 0.1) is 0 Å². The van der Waals surface area contributed by atoms with Gasteiger partial charge in [0.1, 0.15) is 18.1 Å². The van der Waals surface area contributed by atoms with Gasteiger partial charge in [0, 0.05) is 52.8 Å². The average Bonchev–Trinajstić information content (AvgIpc) is 3.32. The molecule has 1 fully saturated rings. The summed E-state index contributed by atoms with van der Waals surface area (Å²) in [5.41, 5.74) is 4.27. The number of aliphatic hydroxyl groups is 1. The van der Waals surface area contributed by atoms with Gasteiger partial charge in [-0.1, -0.05) is 35.3 Å². The second kappa shape index (κ2) is 11.8. The van der Waals surface area contributed by atoms with Gasteiger partial charge >= 0.3 is 0 Å². The van der Waals surface area contributed by atoms with Crippen LogP contribution in [-0.4, -0.2) is 72.3 Å². The van der Waals surface area contributed by atoms with Gasteiger partial charge in [-0.25, -0.2) is 4.90 Å². The van der Waals surface area contributed by atoms with Crippen molar-refractivity contribution in [2.45, 2.75) is 18.9 Å². The molecule has 2 N–H and O–H groups in total. The number of aromatic nitrogens is 1. The van der Waals surface area contributed by atoms with Gasteiger partial charge in [-0.05, 0) is 72.1 Å². The molecule has 0 saturated carbocycles. The molecule has 1 aromatic heterocycles. The maximum absolute atomic E-state index is 11.3. The highest BCUT2D eigenvalue weighted by atomic mass is 35.5. The summed E-state index contributed by atoms with van der Waals surface area (Å²) in [6.07, 6.45) is -0.417. The van der Waals surface area contributed by atoms with E-state index in [0.29, 0.717) is 28.9 Å². The van der Waals surface area contributed by atoms with Crippen LogP contribution >= 0.6 is 23.2 Å². The van der Waals surface area contributed by atoms with Crippen molar-refractivity contribution in [3.63, 3.8) is 0 Å². The number of hydrogen-bond acceptors (Lipinski definition) is 6. The summed E-state index contributed by atoms with van der Waals surface area (Å²) >= 11 is 12.4. The molecule has 0 bridgehead atoms. The number of nitrogens with zero attached hydrogens (tertiary/aromatic N) is 2. The van der Waals surface area contributed by atoms with Crippen molar-refractivity contribution >= 4 is 34.1 Å². The van der Waals surface area contributed by atoms with Crippen LogP contribution in [0.1, 0.15) is 22.9 Å². The smallest absolute Gasteiger partial charge is 0.260 e. The third kappa shape index (κ3) is 5.89. The molecular formula is C30H31Cl2N3O4. The van der Waals surface area contributed by atoms with Crippen LogP contribution in [0.2, 0.25) is 10.0 Å². The predicted molar refractivity (Wildman–Crippen MR) is 153 cm³/mol. The van der Waals surface area contributed by atoms with Crippen LogP contribution in [0.3, 0.4) is 0 Å². The van der Waals surface area contributed by atoms with Crippen molar-refractivity contribution in [2.24, 2.45) is 0 Å². The Balaban J connectivity index is 1.26. The molecule has 2 atom stereocenters. The van der Waals surface area contributed by atoms with Crippen LogP contribution < -0.4 is 9.47 Å². The third-order valence-corrected chi connectivity index (χ3v) is 7.93. The van der Waals surface area contributed by atoms with E-state index in [9.17, 15) is 5.11 Å². The largest absolute Gasteiger partial charge is 0.492 e. The predicted octanol–water partition coefficient (Wildman–Crippen LogP) is 5.49. The zero-order valence-electron chi connectivity index (χ0n) is 21.5. The summed E-state index contributed by atoms with van der Waals surface area (Å²) < 4.78 is 17.4.